The molecule has 0 amide bonds. The highest BCUT2D eigenvalue weighted by molar-refractivity contribution is 8.93. The molecule has 0 unspecified atom stereocenters. The second-order valence-corrected chi connectivity index (χ2v) is 7.31. The minimum atomic E-state index is 0. The van der Waals surface area contributed by atoms with Crippen molar-refractivity contribution >= 4 is 33.9 Å². The zero-order chi connectivity index (χ0) is 16.3. The number of aliphatic imine (C=N–C) groups is 1. The highest BCUT2D eigenvalue weighted by Gasteiger charge is 1.96. The normalized spacial score (nSPS) is 11.3. The average Bonchev–Trinajstić information content (AvgIpc) is 2.55. The van der Waals surface area contributed by atoms with Gasteiger partial charge in [-0.3, -0.25) is 4.99 Å². The van der Waals surface area contributed by atoms with E-state index in [1.165, 1.54) is 95.6 Å². The Kier molecular flexibility index (Phi) is 24.8. The van der Waals surface area contributed by atoms with Crippen molar-refractivity contribution in [3.8, 4) is 0 Å². The van der Waals surface area contributed by atoms with E-state index in [0.717, 1.165) is 5.17 Å². The van der Waals surface area contributed by atoms with Crippen LogP contribution in [0, 0.1) is 0 Å². The third-order valence-corrected chi connectivity index (χ3v) is 5.31. The molecule has 2 nitrogen and oxygen atoms in total. The first-order valence-corrected chi connectivity index (χ1v) is 10.6. The minimum absolute atomic E-state index is 0. The second-order valence-electron chi connectivity index (χ2n) is 6.22. The third-order valence-electron chi connectivity index (χ3n) is 4.15. The zero-order valence-electron chi connectivity index (χ0n) is 15.9. The Labute approximate surface area is 160 Å². The second kappa shape index (κ2) is 22.3. The van der Waals surface area contributed by atoms with E-state index in [2.05, 4.69) is 17.2 Å². The lowest BCUT2D eigenvalue weighted by Crippen LogP contribution is -2.14. The molecule has 1 N–H and O–H groups in total. The molecular weight excluding hydrogens is 368 g/mol. The summed E-state index contributed by atoms with van der Waals surface area (Å²) in [4.78, 5) is 4.18. The summed E-state index contributed by atoms with van der Waals surface area (Å²) in [5.41, 5.74) is 0. The van der Waals surface area contributed by atoms with Crippen LogP contribution in [0.2, 0.25) is 0 Å². The molecule has 0 fully saturated rings. The van der Waals surface area contributed by atoms with Crippen molar-refractivity contribution in [2.24, 2.45) is 4.99 Å². The Morgan fingerprint density at radius 3 is 1.48 bits per heavy atom. The average molecular weight is 410 g/mol. The SMILES string of the molecule is Br.CCCCCCCCCCCCCCCCSC(=NC)NC. The molecule has 0 aliphatic heterocycles. The van der Waals surface area contributed by atoms with Crippen molar-refractivity contribution in [3.63, 3.8) is 0 Å². The van der Waals surface area contributed by atoms with Crippen molar-refractivity contribution in [2.75, 3.05) is 19.8 Å². The van der Waals surface area contributed by atoms with Gasteiger partial charge in [-0.05, 0) is 6.42 Å². The van der Waals surface area contributed by atoms with Gasteiger partial charge in [0.05, 0.1) is 0 Å². The maximum absolute atomic E-state index is 4.18. The molecule has 0 saturated carbocycles. The lowest BCUT2D eigenvalue weighted by molar-refractivity contribution is 0.538. The van der Waals surface area contributed by atoms with Gasteiger partial charge in [0.25, 0.3) is 0 Å². The maximum Gasteiger partial charge on any atom is 0.156 e. The van der Waals surface area contributed by atoms with E-state index in [0.29, 0.717) is 0 Å². The quantitative estimate of drug-likeness (QED) is 0.179. The molecule has 0 bridgehead atoms. The lowest BCUT2D eigenvalue weighted by atomic mass is 10.0. The molecule has 0 aromatic rings. The number of rotatable bonds is 15. The Balaban J connectivity index is 0. The first-order valence-electron chi connectivity index (χ1n) is 9.62. The van der Waals surface area contributed by atoms with Crippen LogP contribution in [0.25, 0.3) is 0 Å². The van der Waals surface area contributed by atoms with Crippen LogP contribution in [0.15, 0.2) is 4.99 Å². The maximum atomic E-state index is 4.18. The first-order chi connectivity index (χ1) is 10.8. The van der Waals surface area contributed by atoms with Gasteiger partial charge >= 0.3 is 0 Å². The minimum Gasteiger partial charge on any atom is -0.368 e. The Hall–Kier alpha value is 0.300. The molecule has 0 aliphatic carbocycles. The van der Waals surface area contributed by atoms with Crippen LogP contribution >= 0.6 is 28.7 Å². The van der Waals surface area contributed by atoms with E-state index in [9.17, 15) is 0 Å². The molecule has 0 radical (unpaired) electrons. The Morgan fingerprint density at radius 2 is 1.13 bits per heavy atom. The topological polar surface area (TPSA) is 24.4 Å². The van der Waals surface area contributed by atoms with Crippen LogP contribution in [0.4, 0.5) is 0 Å². The van der Waals surface area contributed by atoms with Crippen LogP contribution < -0.4 is 5.32 Å². The van der Waals surface area contributed by atoms with Crippen molar-refractivity contribution in [1.29, 1.82) is 0 Å². The van der Waals surface area contributed by atoms with Crippen molar-refractivity contribution in [3.05, 3.63) is 0 Å². The fraction of sp³-hybridized carbons (Fsp3) is 0.947. The van der Waals surface area contributed by atoms with E-state index < -0.39 is 0 Å². The molecule has 0 aliphatic rings. The number of nitrogens with zero attached hydrogens (tertiary/aromatic N) is 1. The fourth-order valence-electron chi connectivity index (χ4n) is 2.71. The van der Waals surface area contributed by atoms with E-state index in [-0.39, 0.29) is 17.0 Å². The summed E-state index contributed by atoms with van der Waals surface area (Å²) in [5, 5.41) is 4.18. The number of hydrogen-bond acceptors (Lipinski definition) is 2. The van der Waals surface area contributed by atoms with Crippen molar-refractivity contribution < 1.29 is 0 Å². The van der Waals surface area contributed by atoms with E-state index >= 15 is 0 Å². The predicted octanol–water partition coefficient (Wildman–Crippen LogP) is 6.98. The van der Waals surface area contributed by atoms with E-state index in [4.69, 9.17) is 0 Å². The van der Waals surface area contributed by atoms with Gasteiger partial charge in [-0.25, -0.2) is 0 Å². The Bertz CT molecular complexity index is 248. The van der Waals surface area contributed by atoms with Crippen LogP contribution in [-0.2, 0) is 0 Å². The highest BCUT2D eigenvalue weighted by atomic mass is 79.9. The summed E-state index contributed by atoms with van der Waals surface area (Å²) in [6.07, 6.45) is 20.0. The molecule has 0 spiro atoms. The molecule has 0 saturated heterocycles. The number of halogens is 1. The molecule has 0 aromatic heterocycles. The zero-order valence-corrected chi connectivity index (χ0v) is 18.4. The molecule has 0 heterocycles. The summed E-state index contributed by atoms with van der Waals surface area (Å²) < 4.78 is 0. The smallest absolute Gasteiger partial charge is 0.156 e. The first kappa shape index (κ1) is 25.5. The molecule has 23 heavy (non-hydrogen) atoms. The molecule has 4 heteroatoms. The number of nitrogens with one attached hydrogen (secondary N) is 1. The van der Waals surface area contributed by atoms with Gasteiger partial charge < -0.3 is 5.32 Å². The van der Waals surface area contributed by atoms with Crippen molar-refractivity contribution in [1.82, 2.24) is 5.32 Å². The van der Waals surface area contributed by atoms with Gasteiger partial charge in [-0.1, -0.05) is 102 Å². The van der Waals surface area contributed by atoms with Crippen LogP contribution in [0.3, 0.4) is 0 Å². The molecule has 0 atom stereocenters. The van der Waals surface area contributed by atoms with E-state index in [1.54, 1.807) is 0 Å². The van der Waals surface area contributed by atoms with Crippen LogP contribution in [0.1, 0.15) is 96.8 Å². The molecule has 0 rings (SSSR count). The van der Waals surface area contributed by atoms with Gasteiger partial charge in [0, 0.05) is 19.8 Å². The molecule has 0 aromatic carbocycles. The molecule has 140 valence electrons. The van der Waals surface area contributed by atoms with Crippen LogP contribution in [0.5, 0.6) is 0 Å². The number of thioether (sulfide) groups is 1. The number of amidine groups is 1. The number of hydrogen-bond donors (Lipinski definition) is 1. The summed E-state index contributed by atoms with van der Waals surface area (Å²) in [6.45, 7) is 2.29. The predicted molar refractivity (Wildman–Crippen MR) is 116 cm³/mol. The summed E-state index contributed by atoms with van der Waals surface area (Å²) in [5.74, 6) is 1.20. The number of unbranched alkanes of at least 4 members (excludes halogenated alkanes) is 13. The van der Waals surface area contributed by atoms with Crippen molar-refractivity contribution in [2.45, 2.75) is 96.8 Å². The summed E-state index contributed by atoms with van der Waals surface area (Å²) >= 11 is 1.84. The monoisotopic (exact) mass is 408 g/mol. The van der Waals surface area contributed by atoms with Gasteiger partial charge in [-0.2, -0.15) is 0 Å². The van der Waals surface area contributed by atoms with Gasteiger partial charge in [0.15, 0.2) is 5.17 Å². The standard InChI is InChI=1S/C19H40N2S.BrH/c1-4-5-6-7-8-9-10-11-12-13-14-15-16-17-18-22-19(20-2)21-3;/h4-18H2,1-3H3,(H,20,21);1H. The summed E-state index contributed by atoms with van der Waals surface area (Å²) in [6, 6.07) is 0. The third kappa shape index (κ3) is 20.3. The van der Waals surface area contributed by atoms with Crippen LogP contribution in [-0.4, -0.2) is 25.0 Å². The largest absolute Gasteiger partial charge is 0.368 e. The lowest BCUT2D eigenvalue weighted by Gasteiger charge is -2.04. The Morgan fingerprint density at radius 1 is 0.739 bits per heavy atom. The van der Waals surface area contributed by atoms with E-state index in [1.807, 2.05) is 25.9 Å². The highest BCUT2D eigenvalue weighted by Crippen LogP contribution is 2.14. The van der Waals surface area contributed by atoms with Gasteiger partial charge in [0.1, 0.15) is 0 Å². The van der Waals surface area contributed by atoms with Gasteiger partial charge in [-0.15, -0.1) is 17.0 Å². The fourth-order valence-corrected chi connectivity index (χ4v) is 3.53. The summed E-state index contributed by atoms with van der Waals surface area (Å²) in [7, 11) is 3.80. The van der Waals surface area contributed by atoms with Gasteiger partial charge in [0.2, 0.25) is 0 Å². The molecular formula is C19H41BrN2S.